The lowest BCUT2D eigenvalue weighted by Crippen LogP contribution is -2.19. The number of hydrogen-bond donors (Lipinski definition) is 2. The van der Waals surface area contributed by atoms with E-state index in [2.05, 4.69) is 22.2 Å². The molecule has 1 fully saturated rings. The van der Waals surface area contributed by atoms with Crippen LogP contribution in [0.1, 0.15) is 43.5 Å². The quantitative estimate of drug-likeness (QED) is 0.846. The number of ether oxygens (including phenoxy) is 1. The molecule has 0 bridgehead atoms. The van der Waals surface area contributed by atoms with Crippen LogP contribution < -0.4 is 5.32 Å². The average Bonchev–Trinajstić information content (AvgIpc) is 3.08. The number of pyridine rings is 1. The maximum atomic E-state index is 12.2. The van der Waals surface area contributed by atoms with E-state index in [1.807, 2.05) is 19.2 Å². The summed E-state index contributed by atoms with van der Waals surface area (Å²) in [4.78, 5) is 19.5. The van der Waals surface area contributed by atoms with E-state index in [0.29, 0.717) is 18.2 Å². The van der Waals surface area contributed by atoms with Crippen molar-refractivity contribution in [3.8, 4) is 0 Å². The number of nitrogens with zero attached hydrogens (tertiary/aromatic N) is 1. The van der Waals surface area contributed by atoms with Crippen molar-refractivity contribution >= 4 is 22.7 Å². The van der Waals surface area contributed by atoms with Gasteiger partial charge in [0.2, 0.25) is 0 Å². The Morgan fingerprint density at radius 3 is 3.10 bits per heavy atom. The van der Waals surface area contributed by atoms with Gasteiger partial charge in [-0.3, -0.25) is 0 Å². The van der Waals surface area contributed by atoms with E-state index in [9.17, 15) is 4.79 Å². The van der Waals surface area contributed by atoms with Crippen molar-refractivity contribution in [2.75, 3.05) is 11.9 Å². The van der Waals surface area contributed by atoms with Crippen LogP contribution in [0.2, 0.25) is 0 Å². The van der Waals surface area contributed by atoms with Gasteiger partial charge < -0.3 is 15.0 Å². The maximum absolute atomic E-state index is 12.2. The third-order valence-corrected chi connectivity index (χ3v) is 4.13. The maximum Gasteiger partial charge on any atom is 0.341 e. The number of aromatic amines is 1. The molecule has 2 heterocycles. The van der Waals surface area contributed by atoms with E-state index >= 15 is 0 Å². The SMILES string of the molecule is CCOC(=O)c1cnc2[nH]ccc2c1N[C@@H]1CC[C@@H](C)C1. The van der Waals surface area contributed by atoms with Gasteiger partial charge in [0.1, 0.15) is 11.2 Å². The third-order valence-electron chi connectivity index (χ3n) is 4.13. The Hall–Kier alpha value is -2.04. The second-order valence-corrected chi connectivity index (χ2v) is 5.77. The fourth-order valence-corrected chi connectivity index (χ4v) is 3.07. The van der Waals surface area contributed by atoms with E-state index in [0.717, 1.165) is 35.5 Å². The number of aromatic nitrogens is 2. The van der Waals surface area contributed by atoms with Gasteiger partial charge >= 0.3 is 5.97 Å². The van der Waals surface area contributed by atoms with E-state index in [1.54, 1.807) is 6.20 Å². The molecule has 112 valence electrons. The highest BCUT2D eigenvalue weighted by Gasteiger charge is 2.24. The second kappa shape index (κ2) is 5.76. The Morgan fingerprint density at radius 1 is 1.52 bits per heavy atom. The van der Waals surface area contributed by atoms with E-state index < -0.39 is 0 Å². The van der Waals surface area contributed by atoms with Crippen molar-refractivity contribution in [3.63, 3.8) is 0 Å². The third kappa shape index (κ3) is 2.73. The first-order valence-corrected chi connectivity index (χ1v) is 7.58. The summed E-state index contributed by atoms with van der Waals surface area (Å²) in [5, 5.41) is 4.49. The van der Waals surface area contributed by atoms with Gasteiger partial charge in [-0.25, -0.2) is 9.78 Å². The number of rotatable bonds is 4. The van der Waals surface area contributed by atoms with Gasteiger partial charge in [0.15, 0.2) is 0 Å². The first-order valence-electron chi connectivity index (χ1n) is 7.58. The van der Waals surface area contributed by atoms with Crippen molar-refractivity contribution < 1.29 is 9.53 Å². The number of H-pyrrole nitrogens is 1. The number of anilines is 1. The van der Waals surface area contributed by atoms with Gasteiger partial charge in [-0.1, -0.05) is 6.92 Å². The van der Waals surface area contributed by atoms with E-state index in [-0.39, 0.29) is 5.97 Å². The molecule has 0 spiro atoms. The van der Waals surface area contributed by atoms with Crippen LogP contribution in [0.15, 0.2) is 18.5 Å². The summed E-state index contributed by atoms with van der Waals surface area (Å²) in [5.41, 5.74) is 2.15. The Kier molecular flexibility index (Phi) is 3.82. The Balaban J connectivity index is 1.97. The fourth-order valence-electron chi connectivity index (χ4n) is 3.07. The molecule has 2 N–H and O–H groups in total. The van der Waals surface area contributed by atoms with Gasteiger partial charge in [0.05, 0.1) is 12.3 Å². The van der Waals surface area contributed by atoms with E-state index in [4.69, 9.17) is 4.74 Å². The van der Waals surface area contributed by atoms with Crippen LogP contribution in [0.5, 0.6) is 0 Å². The highest BCUT2D eigenvalue weighted by Crippen LogP contribution is 2.32. The zero-order chi connectivity index (χ0) is 14.8. The van der Waals surface area contributed by atoms with Gasteiger partial charge in [-0.05, 0) is 38.2 Å². The van der Waals surface area contributed by atoms with Crippen LogP contribution in [-0.4, -0.2) is 28.6 Å². The zero-order valence-corrected chi connectivity index (χ0v) is 12.5. The monoisotopic (exact) mass is 287 g/mol. The highest BCUT2D eigenvalue weighted by atomic mass is 16.5. The van der Waals surface area contributed by atoms with Gasteiger partial charge in [-0.15, -0.1) is 0 Å². The molecule has 5 nitrogen and oxygen atoms in total. The Labute approximate surface area is 124 Å². The molecule has 5 heteroatoms. The molecule has 1 aliphatic carbocycles. The van der Waals surface area contributed by atoms with Crippen molar-refractivity contribution in [1.82, 2.24) is 9.97 Å². The van der Waals surface area contributed by atoms with Gasteiger partial charge in [0, 0.05) is 23.8 Å². The number of esters is 1. The molecule has 21 heavy (non-hydrogen) atoms. The van der Waals surface area contributed by atoms with Crippen molar-refractivity contribution in [2.45, 2.75) is 39.2 Å². The first-order chi connectivity index (χ1) is 10.2. The number of carbonyl (C=O) groups is 1. The predicted octanol–water partition coefficient (Wildman–Crippen LogP) is 3.34. The summed E-state index contributed by atoms with van der Waals surface area (Å²) in [6.45, 7) is 4.45. The normalized spacial score (nSPS) is 21.6. The molecule has 2 atom stereocenters. The molecule has 2 aromatic rings. The lowest BCUT2D eigenvalue weighted by atomic mass is 10.1. The Morgan fingerprint density at radius 2 is 2.38 bits per heavy atom. The molecular weight excluding hydrogens is 266 g/mol. The molecule has 1 saturated carbocycles. The number of carbonyl (C=O) groups excluding carboxylic acids is 1. The standard InChI is InChI=1S/C16H21N3O2/c1-3-21-16(20)13-9-18-15-12(6-7-17-15)14(13)19-11-5-4-10(2)8-11/h6-7,9-11H,3-5,8H2,1-2H3,(H2,17,18,19)/t10-,11-/m1/s1. The lowest BCUT2D eigenvalue weighted by Gasteiger charge is -2.17. The molecule has 3 rings (SSSR count). The molecule has 0 saturated heterocycles. The molecule has 2 aromatic heterocycles. The van der Waals surface area contributed by atoms with Crippen molar-refractivity contribution in [1.29, 1.82) is 0 Å². The summed E-state index contributed by atoms with van der Waals surface area (Å²) in [6.07, 6.45) is 6.94. The van der Waals surface area contributed by atoms with Crippen LogP contribution in [0.3, 0.4) is 0 Å². The molecule has 0 unspecified atom stereocenters. The van der Waals surface area contributed by atoms with Crippen molar-refractivity contribution in [3.05, 3.63) is 24.0 Å². The molecule has 0 aliphatic heterocycles. The summed E-state index contributed by atoms with van der Waals surface area (Å²) in [6, 6.07) is 2.36. The molecule has 0 amide bonds. The van der Waals surface area contributed by atoms with Crippen LogP contribution in [0.4, 0.5) is 5.69 Å². The Bertz CT molecular complexity index is 650. The van der Waals surface area contributed by atoms with Crippen molar-refractivity contribution in [2.24, 2.45) is 5.92 Å². The van der Waals surface area contributed by atoms with Gasteiger partial charge in [-0.2, -0.15) is 0 Å². The number of fused-ring (bicyclic) bond motifs is 1. The fraction of sp³-hybridized carbons (Fsp3) is 0.500. The molecule has 1 aliphatic rings. The average molecular weight is 287 g/mol. The smallest absolute Gasteiger partial charge is 0.341 e. The minimum Gasteiger partial charge on any atom is -0.462 e. The minimum atomic E-state index is -0.318. The second-order valence-electron chi connectivity index (χ2n) is 5.77. The van der Waals surface area contributed by atoms with Crippen LogP contribution in [-0.2, 0) is 4.74 Å². The summed E-state index contributed by atoms with van der Waals surface area (Å²) < 4.78 is 5.15. The van der Waals surface area contributed by atoms with Crippen LogP contribution in [0, 0.1) is 5.92 Å². The lowest BCUT2D eigenvalue weighted by molar-refractivity contribution is 0.0527. The summed E-state index contributed by atoms with van der Waals surface area (Å²) >= 11 is 0. The van der Waals surface area contributed by atoms with Gasteiger partial charge in [0.25, 0.3) is 0 Å². The molecule has 0 aromatic carbocycles. The molecular formula is C16H21N3O2. The number of hydrogen-bond acceptors (Lipinski definition) is 4. The highest BCUT2D eigenvalue weighted by molar-refractivity contribution is 6.04. The predicted molar refractivity (Wildman–Crippen MR) is 82.5 cm³/mol. The summed E-state index contributed by atoms with van der Waals surface area (Å²) in [7, 11) is 0. The van der Waals surface area contributed by atoms with Crippen LogP contribution in [0.25, 0.3) is 11.0 Å². The first kappa shape index (κ1) is 13.9. The number of nitrogens with one attached hydrogen (secondary N) is 2. The van der Waals surface area contributed by atoms with E-state index in [1.165, 1.54) is 6.42 Å². The van der Waals surface area contributed by atoms with Crippen LogP contribution >= 0.6 is 0 Å². The topological polar surface area (TPSA) is 67.0 Å². The largest absolute Gasteiger partial charge is 0.462 e. The summed E-state index contributed by atoms with van der Waals surface area (Å²) in [5.74, 6) is 0.416. The molecule has 0 radical (unpaired) electrons. The zero-order valence-electron chi connectivity index (χ0n) is 12.5. The minimum absolute atomic E-state index is 0.318.